The minimum Gasteiger partial charge on any atom is -0.467 e. The van der Waals surface area contributed by atoms with Crippen molar-refractivity contribution in [1.29, 1.82) is 0 Å². The Balaban J connectivity index is 3.03. The van der Waals surface area contributed by atoms with Gasteiger partial charge in [-0.15, -0.1) is 11.6 Å². The highest BCUT2D eigenvalue weighted by Crippen LogP contribution is 1.87. The largest absolute Gasteiger partial charge is 0.467 e. The maximum Gasteiger partial charge on any atom is 0.331 e. The third-order valence-electron chi connectivity index (χ3n) is 4.02. The molecule has 0 unspecified atom stereocenters. The number of esters is 1. The van der Waals surface area contributed by atoms with Crippen molar-refractivity contribution in [3.8, 4) is 0 Å². The normalized spacial score (nSPS) is 11.3. The Morgan fingerprint density at radius 1 is 0.417 bits per heavy atom. The molecule has 0 aliphatic carbocycles. The Hall–Kier alpha value is -0.640. The molecule has 0 fully saturated rings. The molecule has 13 heteroatoms. The predicted molar refractivity (Wildman–Crippen MR) is 131 cm³/mol. The molecule has 0 saturated heterocycles. The van der Waals surface area contributed by atoms with E-state index in [1.165, 1.54) is 7.11 Å². The first-order chi connectivity index (χ1) is 17.8. The summed E-state index contributed by atoms with van der Waals surface area (Å²) in [4.78, 5) is 10.8. The molecule has 0 aromatic rings. The molecule has 0 saturated carbocycles. The van der Waals surface area contributed by atoms with Crippen molar-refractivity contribution in [1.82, 2.24) is 0 Å². The molecule has 0 aromatic carbocycles. The summed E-state index contributed by atoms with van der Waals surface area (Å²) >= 11 is 5.49. The van der Waals surface area contributed by atoms with Crippen LogP contribution in [-0.2, 0) is 56.9 Å². The molecule has 0 rings (SSSR count). The topological polar surface area (TPSA) is 119 Å². The lowest BCUT2D eigenvalue weighted by molar-refractivity contribution is -0.146. The van der Waals surface area contributed by atoms with Crippen LogP contribution in [0.3, 0.4) is 0 Å². The summed E-state index contributed by atoms with van der Waals surface area (Å²) in [5.74, 6) is 0.0890. The monoisotopic (exact) mass is 548 g/mol. The first kappa shape index (κ1) is 35.4. The van der Waals surface area contributed by atoms with Gasteiger partial charge < -0.3 is 52.1 Å². The molecule has 0 aliphatic heterocycles. The molecule has 36 heavy (non-hydrogen) atoms. The summed E-state index contributed by atoms with van der Waals surface area (Å²) in [6.45, 7) is 9.26. The fraction of sp³-hybridized carbons (Fsp3) is 0.957. The van der Waals surface area contributed by atoms with Gasteiger partial charge in [-0.25, -0.2) is 4.79 Å². The van der Waals surface area contributed by atoms with Crippen molar-refractivity contribution in [3.63, 3.8) is 0 Å². The van der Waals surface area contributed by atoms with Crippen LogP contribution >= 0.6 is 11.6 Å². The van der Waals surface area contributed by atoms with E-state index in [0.717, 1.165) is 0 Å². The average Bonchev–Trinajstić information content (AvgIpc) is 2.89. The number of alkyl halides is 1. The highest BCUT2D eigenvalue weighted by Gasteiger charge is 1.99. The lowest BCUT2D eigenvalue weighted by atomic mass is 10.6. The van der Waals surface area contributed by atoms with Crippen LogP contribution in [0.5, 0.6) is 0 Å². The Kier molecular flexibility index (Phi) is 31.8. The third-order valence-corrected chi connectivity index (χ3v) is 4.17. The highest BCUT2D eigenvalue weighted by molar-refractivity contribution is 6.17. The van der Waals surface area contributed by atoms with Crippen molar-refractivity contribution in [2.75, 3.05) is 145 Å². The lowest BCUT2D eigenvalue weighted by Gasteiger charge is -2.09. The second kappa shape index (κ2) is 32.4. The van der Waals surface area contributed by atoms with Crippen molar-refractivity contribution in [3.05, 3.63) is 0 Å². The van der Waals surface area contributed by atoms with Crippen molar-refractivity contribution >= 4 is 17.6 Å². The Morgan fingerprint density at radius 3 is 0.861 bits per heavy atom. The smallest absolute Gasteiger partial charge is 0.331 e. The Bertz CT molecular complexity index is 434. The second-order valence-electron chi connectivity index (χ2n) is 6.83. The van der Waals surface area contributed by atoms with Crippen LogP contribution in [0.4, 0.5) is 0 Å². The van der Waals surface area contributed by atoms with Crippen LogP contribution in [-0.4, -0.2) is 151 Å². The molecule has 0 atom stereocenters. The van der Waals surface area contributed by atoms with Crippen LogP contribution in [0.2, 0.25) is 0 Å². The number of rotatable bonds is 31. The molecular weight excluding hydrogens is 504 g/mol. The first-order valence-corrected chi connectivity index (χ1v) is 12.7. The third kappa shape index (κ3) is 31.4. The molecule has 0 aliphatic rings. The van der Waals surface area contributed by atoms with Crippen molar-refractivity contribution in [2.45, 2.75) is 0 Å². The van der Waals surface area contributed by atoms with E-state index in [1.54, 1.807) is 0 Å². The summed E-state index contributed by atoms with van der Waals surface area (Å²) in [6, 6.07) is 0. The molecule has 216 valence electrons. The molecule has 0 N–H and O–H groups in total. The molecule has 0 heterocycles. The van der Waals surface area contributed by atoms with Gasteiger partial charge >= 0.3 is 5.97 Å². The maximum atomic E-state index is 10.8. The van der Waals surface area contributed by atoms with E-state index >= 15 is 0 Å². The van der Waals surface area contributed by atoms with E-state index in [9.17, 15) is 4.79 Å². The van der Waals surface area contributed by atoms with Gasteiger partial charge in [-0.3, -0.25) is 0 Å². The van der Waals surface area contributed by atoms with E-state index in [0.29, 0.717) is 131 Å². The zero-order chi connectivity index (χ0) is 26.2. The van der Waals surface area contributed by atoms with Crippen molar-refractivity contribution < 1.29 is 56.9 Å². The standard InChI is InChI=1S/C23H45ClO12/c1-26-23(25)22-36-21-20-35-19-18-34-17-16-33-15-14-32-13-12-31-11-10-30-9-8-29-7-6-28-5-4-27-3-2-24/h2-22H2,1H3. The number of hydrogen-bond acceptors (Lipinski definition) is 12. The molecule has 0 bridgehead atoms. The van der Waals surface area contributed by atoms with Gasteiger partial charge in [0.05, 0.1) is 133 Å². The number of hydrogen-bond donors (Lipinski definition) is 0. The summed E-state index contributed by atoms with van der Waals surface area (Å²) < 4.78 is 57.8. The van der Waals surface area contributed by atoms with Crippen LogP contribution in [0.25, 0.3) is 0 Å². The molecule has 12 nitrogen and oxygen atoms in total. The molecule has 0 spiro atoms. The van der Waals surface area contributed by atoms with Gasteiger partial charge in [-0.2, -0.15) is 0 Å². The van der Waals surface area contributed by atoms with E-state index in [-0.39, 0.29) is 6.61 Å². The van der Waals surface area contributed by atoms with Gasteiger partial charge in [0, 0.05) is 5.88 Å². The SMILES string of the molecule is COC(=O)COCCOCCOCCOCCOCCOCCOCCOCCOCCOCCCl. The molecule has 0 amide bonds. The highest BCUT2D eigenvalue weighted by atomic mass is 35.5. The number of halogens is 1. The number of carbonyl (C=O) groups is 1. The maximum absolute atomic E-state index is 10.8. The van der Waals surface area contributed by atoms with Gasteiger partial charge in [0.1, 0.15) is 6.61 Å². The first-order valence-electron chi connectivity index (χ1n) is 12.2. The molecule has 0 radical (unpaired) electrons. The van der Waals surface area contributed by atoms with Crippen molar-refractivity contribution in [2.24, 2.45) is 0 Å². The Morgan fingerprint density at radius 2 is 0.639 bits per heavy atom. The summed E-state index contributed by atoms with van der Waals surface area (Å²) in [5, 5.41) is 0. The van der Waals surface area contributed by atoms with Crippen LogP contribution < -0.4 is 0 Å². The fourth-order valence-corrected chi connectivity index (χ4v) is 2.36. The van der Waals surface area contributed by atoms with E-state index < -0.39 is 5.97 Å². The van der Waals surface area contributed by atoms with Gasteiger partial charge in [-0.05, 0) is 0 Å². The number of methoxy groups -OCH3 is 1. The zero-order valence-corrected chi connectivity index (χ0v) is 22.4. The van der Waals surface area contributed by atoms with E-state index in [4.69, 9.17) is 59.0 Å². The second-order valence-corrected chi connectivity index (χ2v) is 7.21. The van der Waals surface area contributed by atoms with Crippen LogP contribution in [0.1, 0.15) is 0 Å². The van der Waals surface area contributed by atoms with Gasteiger partial charge in [0.2, 0.25) is 0 Å². The number of carbonyl (C=O) groups excluding carboxylic acids is 1. The lowest BCUT2D eigenvalue weighted by Crippen LogP contribution is -2.16. The van der Waals surface area contributed by atoms with Gasteiger partial charge in [0.15, 0.2) is 0 Å². The van der Waals surface area contributed by atoms with Crippen LogP contribution in [0.15, 0.2) is 0 Å². The zero-order valence-electron chi connectivity index (χ0n) is 21.6. The summed E-state index contributed by atoms with van der Waals surface area (Å²) in [5.41, 5.74) is 0. The van der Waals surface area contributed by atoms with Gasteiger partial charge in [0.25, 0.3) is 0 Å². The molecular formula is C23H45ClO12. The predicted octanol–water partition coefficient (Wildman–Crippen LogP) is 0.564. The average molecular weight is 549 g/mol. The van der Waals surface area contributed by atoms with E-state index in [1.807, 2.05) is 0 Å². The Labute approximate surface area is 219 Å². The quantitative estimate of drug-likeness (QED) is 0.0684. The van der Waals surface area contributed by atoms with Crippen LogP contribution in [0, 0.1) is 0 Å². The van der Waals surface area contributed by atoms with E-state index in [2.05, 4.69) is 4.74 Å². The molecule has 0 aromatic heterocycles. The minimum atomic E-state index is -0.406. The summed E-state index contributed by atoms with van der Waals surface area (Å²) in [7, 11) is 1.31. The summed E-state index contributed by atoms with van der Waals surface area (Å²) in [6.07, 6.45) is 0. The fourth-order valence-electron chi connectivity index (χ4n) is 2.25. The van der Waals surface area contributed by atoms with Gasteiger partial charge in [-0.1, -0.05) is 0 Å². The minimum absolute atomic E-state index is 0.0678. The number of ether oxygens (including phenoxy) is 11.